The Morgan fingerprint density at radius 2 is 1.80 bits per heavy atom. The molecular weight excluding hydrogens is 188 g/mol. The van der Waals surface area contributed by atoms with E-state index in [2.05, 4.69) is 26.0 Å². The van der Waals surface area contributed by atoms with E-state index < -0.39 is 0 Å². The van der Waals surface area contributed by atoms with Gasteiger partial charge in [-0.15, -0.1) is 0 Å². The van der Waals surface area contributed by atoms with Crippen LogP contribution in [0.3, 0.4) is 0 Å². The number of rotatable bonds is 6. The van der Waals surface area contributed by atoms with Crippen LogP contribution in [0.15, 0.2) is 30.3 Å². The highest BCUT2D eigenvalue weighted by Gasteiger charge is 2.19. The van der Waals surface area contributed by atoms with Gasteiger partial charge in [0.25, 0.3) is 0 Å². The van der Waals surface area contributed by atoms with Crippen molar-refractivity contribution in [3.63, 3.8) is 0 Å². The van der Waals surface area contributed by atoms with E-state index in [1.807, 2.05) is 25.1 Å². The summed E-state index contributed by atoms with van der Waals surface area (Å²) in [5, 5.41) is 0. The zero-order chi connectivity index (χ0) is 11.1. The molecule has 0 spiro atoms. The molecule has 2 unspecified atom stereocenters. The molecule has 1 rings (SSSR count). The molecule has 0 aliphatic heterocycles. The number of hydrogen-bond donors (Lipinski definition) is 0. The van der Waals surface area contributed by atoms with E-state index in [9.17, 15) is 0 Å². The molecule has 0 bridgehead atoms. The molecule has 2 nitrogen and oxygen atoms in total. The lowest BCUT2D eigenvalue weighted by Gasteiger charge is -2.22. The molecule has 15 heavy (non-hydrogen) atoms. The molecule has 0 aliphatic rings. The van der Waals surface area contributed by atoms with Crippen molar-refractivity contribution in [1.82, 2.24) is 0 Å². The van der Waals surface area contributed by atoms with Crippen LogP contribution >= 0.6 is 0 Å². The summed E-state index contributed by atoms with van der Waals surface area (Å²) >= 11 is 0. The van der Waals surface area contributed by atoms with Crippen molar-refractivity contribution in [3.8, 4) is 0 Å². The minimum atomic E-state index is 0.0381. The van der Waals surface area contributed by atoms with Gasteiger partial charge in [-0.2, -0.15) is 0 Å². The maximum atomic E-state index is 5.43. The van der Waals surface area contributed by atoms with Gasteiger partial charge in [-0.1, -0.05) is 50.6 Å². The van der Waals surface area contributed by atoms with E-state index >= 15 is 0 Å². The third-order valence-corrected chi connectivity index (χ3v) is 2.58. The molecule has 0 saturated carbocycles. The van der Waals surface area contributed by atoms with Gasteiger partial charge in [0, 0.05) is 0 Å². The van der Waals surface area contributed by atoms with E-state index in [1.165, 1.54) is 5.56 Å². The first-order valence-corrected chi connectivity index (χ1v) is 5.62. The van der Waals surface area contributed by atoms with Gasteiger partial charge in [0.05, 0.1) is 6.61 Å². The Hall–Kier alpha value is -0.860. The van der Waals surface area contributed by atoms with Gasteiger partial charge < -0.3 is 0 Å². The largest absolute Gasteiger partial charge is 0.236 e. The molecule has 0 amide bonds. The first-order valence-electron chi connectivity index (χ1n) is 5.62. The molecule has 1 aromatic carbocycles. The second-order valence-corrected chi connectivity index (χ2v) is 3.72. The highest BCUT2D eigenvalue weighted by molar-refractivity contribution is 5.17. The Kier molecular flexibility index (Phi) is 5.37. The fraction of sp³-hybridized carbons (Fsp3) is 0.538. The summed E-state index contributed by atoms with van der Waals surface area (Å²) in [5.41, 5.74) is 1.18. The summed E-state index contributed by atoms with van der Waals surface area (Å²) in [6.07, 6.45) is 1.11. The quantitative estimate of drug-likeness (QED) is 0.523. The van der Waals surface area contributed by atoms with Crippen molar-refractivity contribution in [2.45, 2.75) is 33.3 Å². The van der Waals surface area contributed by atoms with E-state index in [1.54, 1.807) is 0 Å². The summed E-state index contributed by atoms with van der Waals surface area (Å²) < 4.78 is 0. The Bertz CT molecular complexity index is 258. The van der Waals surface area contributed by atoms with Crippen LogP contribution in [0.2, 0.25) is 0 Å². The Labute approximate surface area is 92.1 Å². The van der Waals surface area contributed by atoms with Gasteiger partial charge in [0.2, 0.25) is 0 Å². The van der Waals surface area contributed by atoms with E-state index in [0.29, 0.717) is 12.5 Å². The summed E-state index contributed by atoms with van der Waals surface area (Å²) in [7, 11) is 0. The van der Waals surface area contributed by atoms with Crippen LogP contribution in [0.5, 0.6) is 0 Å². The molecule has 0 radical (unpaired) electrons. The molecule has 0 fully saturated rings. The Morgan fingerprint density at radius 3 is 2.33 bits per heavy atom. The van der Waals surface area contributed by atoms with Gasteiger partial charge in [0.15, 0.2) is 0 Å². The lowest BCUT2D eigenvalue weighted by Crippen LogP contribution is -2.13. The standard InChI is InChI=1S/C13H20O2/c1-4-11(3)13(15-14-5-2)12-9-7-6-8-10-12/h6-11,13H,4-5H2,1-3H3. The van der Waals surface area contributed by atoms with Crippen LogP contribution in [-0.4, -0.2) is 6.61 Å². The summed E-state index contributed by atoms with van der Waals surface area (Å²) in [6.45, 7) is 6.85. The maximum absolute atomic E-state index is 5.43. The van der Waals surface area contributed by atoms with Crippen molar-refractivity contribution in [2.24, 2.45) is 5.92 Å². The third kappa shape index (κ3) is 3.65. The molecule has 1 aromatic rings. The van der Waals surface area contributed by atoms with Crippen molar-refractivity contribution in [3.05, 3.63) is 35.9 Å². The number of hydrogen-bond acceptors (Lipinski definition) is 2. The van der Waals surface area contributed by atoms with Crippen LogP contribution < -0.4 is 0 Å². The predicted molar refractivity (Wildman–Crippen MR) is 61.3 cm³/mol. The highest BCUT2D eigenvalue weighted by atomic mass is 17.2. The van der Waals surface area contributed by atoms with E-state index in [-0.39, 0.29) is 6.10 Å². The highest BCUT2D eigenvalue weighted by Crippen LogP contribution is 2.28. The molecule has 0 saturated heterocycles. The zero-order valence-electron chi connectivity index (χ0n) is 9.77. The topological polar surface area (TPSA) is 18.5 Å². The molecule has 0 aliphatic carbocycles. The predicted octanol–water partition coefficient (Wildman–Crippen LogP) is 3.74. The van der Waals surface area contributed by atoms with E-state index in [0.717, 1.165) is 6.42 Å². The summed E-state index contributed by atoms with van der Waals surface area (Å²) in [6, 6.07) is 10.2. The van der Waals surface area contributed by atoms with Gasteiger partial charge in [0.1, 0.15) is 6.10 Å². The average molecular weight is 208 g/mol. The molecule has 84 valence electrons. The van der Waals surface area contributed by atoms with Gasteiger partial charge in [-0.25, -0.2) is 9.78 Å². The first kappa shape index (κ1) is 12.2. The lowest BCUT2D eigenvalue weighted by atomic mass is 9.95. The second-order valence-electron chi connectivity index (χ2n) is 3.72. The molecule has 0 N–H and O–H groups in total. The minimum absolute atomic E-state index is 0.0381. The van der Waals surface area contributed by atoms with Crippen LogP contribution in [0.25, 0.3) is 0 Å². The lowest BCUT2D eigenvalue weighted by molar-refractivity contribution is -0.333. The minimum Gasteiger partial charge on any atom is -0.236 e. The smallest absolute Gasteiger partial charge is 0.120 e. The first-order chi connectivity index (χ1) is 7.29. The van der Waals surface area contributed by atoms with Crippen molar-refractivity contribution in [2.75, 3.05) is 6.61 Å². The fourth-order valence-electron chi connectivity index (χ4n) is 1.48. The molecule has 2 heteroatoms. The Balaban J connectivity index is 2.72. The molecule has 0 heterocycles. The monoisotopic (exact) mass is 208 g/mol. The van der Waals surface area contributed by atoms with Crippen LogP contribution in [-0.2, 0) is 9.78 Å². The second kappa shape index (κ2) is 6.59. The van der Waals surface area contributed by atoms with Crippen LogP contribution in [0, 0.1) is 5.92 Å². The molecule has 0 aromatic heterocycles. The molecule has 2 atom stereocenters. The van der Waals surface area contributed by atoms with Crippen LogP contribution in [0.4, 0.5) is 0 Å². The number of benzene rings is 1. The van der Waals surface area contributed by atoms with E-state index in [4.69, 9.17) is 9.78 Å². The average Bonchev–Trinajstić information content (AvgIpc) is 2.30. The Morgan fingerprint density at radius 1 is 1.13 bits per heavy atom. The SMILES string of the molecule is CCOOC(c1ccccc1)C(C)CC. The van der Waals surface area contributed by atoms with Gasteiger partial charge in [-0.3, -0.25) is 0 Å². The van der Waals surface area contributed by atoms with Crippen molar-refractivity contribution < 1.29 is 9.78 Å². The van der Waals surface area contributed by atoms with Crippen LogP contribution in [0.1, 0.15) is 38.9 Å². The van der Waals surface area contributed by atoms with Gasteiger partial charge in [-0.05, 0) is 18.4 Å². The van der Waals surface area contributed by atoms with Crippen molar-refractivity contribution in [1.29, 1.82) is 0 Å². The van der Waals surface area contributed by atoms with Gasteiger partial charge >= 0.3 is 0 Å². The van der Waals surface area contributed by atoms with Crippen molar-refractivity contribution >= 4 is 0 Å². The summed E-state index contributed by atoms with van der Waals surface area (Å²) in [4.78, 5) is 10.5. The fourth-order valence-corrected chi connectivity index (χ4v) is 1.48. The summed E-state index contributed by atoms with van der Waals surface area (Å²) in [5.74, 6) is 0.457. The zero-order valence-corrected chi connectivity index (χ0v) is 9.77. The third-order valence-electron chi connectivity index (χ3n) is 2.58. The molecular formula is C13H20O2. The normalized spacial score (nSPS) is 14.9. The maximum Gasteiger partial charge on any atom is 0.120 e.